The number of carbonyl (C=O) groups is 11. The molecule has 6 aromatic rings. The molecule has 1 atom stereocenters. The van der Waals surface area contributed by atoms with Crippen molar-refractivity contribution >= 4 is 82.6 Å². The van der Waals surface area contributed by atoms with E-state index in [1.54, 1.807) is 104 Å². The molecule has 37 heteroatoms. The molecule has 6 aromatic carbocycles. The molecule has 0 bridgehead atoms. The second kappa shape index (κ2) is 48.9. The maximum Gasteiger partial charge on any atom is 0.410 e. The number of nitrogens with zero attached hydrogens (tertiary/aromatic N) is 9. The van der Waals surface area contributed by atoms with E-state index in [9.17, 15) is 57.8 Å². The lowest BCUT2D eigenvalue weighted by Gasteiger charge is -2.46. The Labute approximate surface area is 816 Å². The van der Waals surface area contributed by atoms with E-state index in [1.165, 1.54) is 0 Å². The number of carbonyl (C=O) groups excluding carboxylic acids is 11. The molecular formula is C103H130N16O21. The highest BCUT2D eigenvalue weighted by molar-refractivity contribution is 5.99. The van der Waals surface area contributed by atoms with Crippen molar-refractivity contribution in [3.8, 4) is 0 Å². The van der Waals surface area contributed by atoms with E-state index in [-0.39, 0.29) is 164 Å². The first-order valence-corrected chi connectivity index (χ1v) is 48.1. The Bertz CT molecular complexity index is 5260. The Morgan fingerprint density at radius 1 is 0.414 bits per heavy atom. The fourth-order valence-corrected chi connectivity index (χ4v) is 18.6. The summed E-state index contributed by atoms with van der Waals surface area (Å²) in [5, 5.41) is 29.2. The molecule has 748 valence electrons. The number of likely N-dealkylation sites (tertiary alicyclic amines) is 6. The summed E-state index contributed by atoms with van der Waals surface area (Å²) in [7, 11) is 1.79. The molecule has 37 nitrogen and oxygen atoms in total. The summed E-state index contributed by atoms with van der Waals surface area (Å²) in [5.74, 6) is 0.0224. The second-order valence-electron chi connectivity index (χ2n) is 37.9. The van der Waals surface area contributed by atoms with E-state index in [4.69, 9.17) is 72.7 Å². The van der Waals surface area contributed by atoms with E-state index < -0.39 is 5.60 Å². The van der Waals surface area contributed by atoms with Gasteiger partial charge in [0.05, 0.1) is 59.0 Å². The van der Waals surface area contributed by atoms with Crippen LogP contribution in [0.25, 0.3) is 9.69 Å². The fourth-order valence-electron chi connectivity index (χ4n) is 18.6. The van der Waals surface area contributed by atoms with Gasteiger partial charge in [0.2, 0.25) is 23.6 Å². The third-order valence-corrected chi connectivity index (χ3v) is 28.2. The number of nitrogens with two attached hydrogens (primary N) is 2. The molecular weight excluding hydrogens is 1800 g/mol. The van der Waals surface area contributed by atoms with Gasteiger partial charge in [-0.05, 0) is 138 Å². The predicted octanol–water partition coefficient (Wildman–Crippen LogP) is 8.49. The molecule has 13 aliphatic heterocycles. The Morgan fingerprint density at radius 2 is 0.721 bits per heavy atom. The predicted molar refractivity (Wildman–Crippen MR) is 514 cm³/mol. The van der Waals surface area contributed by atoms with Crippen LogP contribution >= 0.6 is 0 Å². The van der Waals surface area contributed by atoms with Gasteiger partial charge in [0.25, 0.3) is 17.7 Å². The van der Waals surface area contributed by atoms with Crippen LogP contribution in [0.3, 0.4) is 0 Å². The van der Waals surface area contributed by atoms with Gasteiger partial charge in [-0.25, -0.2) is 24.1 Å². The Hall–Kier alpha value is -12.8. The smallest absolute Gasteiger partial charge is 0.410 e. The molecule has 0 radical (unpaired) electrons. The minimum absolute atomic E-state index is 0.00341. The van der Waals surface area contributed by atoms with Crippen molar-refractivity contribution in [2.24, 2.45) is 17.4 Å². The molecule has 13 heterocycles. The molecule has 6 spiro atoms. The number of piperidine rings is 7. The zero-order valence-electron chi connectivity index (χ0n) is 79.9. The number of hydrogen-bond donors (Lipinski definition) is 8. The van der Waals surface area contributed by atoms with Gasteiger partial charge >= 0.3 is 18.3 Å². The monoisotopic (exact) mass is 1930 g/mol. The van der Waals surface area contributed by atoms with Crippen LogP contribution in [0, 0.1) is 24.5 Å². The molecule has 140 heavy (non-hydrogen) atoms. The number of nitrogen functional groups attached to an aromatic ring is 1. The number of likely N-dealkylation sites (N-methyl/N-ethyl adjacent to an activating group) is 1. The van der Waals surface area contributed by atoms with Gasteiger partial charge in [0, 0.05) is 146 Å². The SMILES string of the molecule is CN1CC2(CCN(C(=O)c3ccc(C(=N)N)cc3)CC2)OCC1=O.NCC1(O)CCN(C(=O)OCc2ccccc2)CC1.O=C(OCc1ccccc1)N1CCC2(CC1)CO2.O=C1COC2(CCN(C(=O)OCc3ccccc3)CC2)CN1.O=C1COC2(CCNCC2)CN1.[C-]#[N+]c1ccc(C(=O)N2CCC3(CC2)CC(C)C(=O)CO3)cc1.[C-]#[N+]c1ccc(C(=O)N2CCC3(CC2)CNC(=O)CO3)cc1. The lowest BCUT2D eigenvalue weighted by atomic mass is 9.79. The first kappa shape index (κ1) is 105. The molecule has 1 unspecified atom stereocenters. The average molecular weight is 1930 g/mol. The van der Waals surface area contributed by atoms with Crippen LogP contribution in [0.2, 0.25) is 0 Å². The minimum Gasteiger partial charge on any atom is -0.445 e. The maximum atomic E-state index is 12.6. The van der Waals surface area contributed by atoms with Crippen LogP contribution in [0.5, 0.6) is 0 Å². The first-order valence-electron chi connectivity index (χ1n) is 48.1. The lowest BCUT2D eigenvalue weighted by molar-refractivity contribution is -0.167. The van der Waals surface area contributed by atoms with Crippen molar-refractivity contribution in [3.63, 3.8) is 0 Å². The van der Waals surface area contributed by atoms with Gasteiger partial charge in [-0.15, -0.1) is 0 Å². The molecule has 13 saturated heterocycles. The third-order valence-electron chi connectivity index (χ3n) is 28.2. The van der Waals surface area contributed by atoms with Gasteiger partial charge in [-0.1, -0.05) is 159 Å². The van der Waals surface area contributed by atoms with Crippen molar-refractivity contribution in [2.45, 2.75) is 162 Å². The molecule has 10 N–H and O–H groups in total. The van der Waals surface area contributed by atoms with E-state index in [1.807, 2.05) is 108 Å². The first-order chi connectivity index (χ1) is 67.4. The van der Waals surface area contributed by atoms with Gasteiger partial charge in [0.15, 0.2) is 17.2 Å². The number of nitrogens with one attached hydrogen (secondary N) is 5. The van der Waals surface area contributed by atoms with E-state index in [2.05, 4.69) is 31.0 Å². The highest BCUT2D eigenvalue weighted by Crippen LogP contribution is 2.40. The van der Waals surface area contributed by atoms with Crippen LogP contribution in [0.4, 0.5) is 25.8 Å². The van der Waals surface area contributed by atoms with E-state index in [0.29, 0.717) is 158 Å². The van der Waals surface area contributed by atoms with E-state index in [0.717, 1.165) is 120 Å². The highest BCUT2D eigenvalue weighted by atomic mass is 16.6. The number of aliphatic hydroxyl groups is 1. The van der Waals surface area contributed by atoms with Gasteiger partial charge in [-0.3, -0.25) is 43.8 Å². The number of amidine groups is 1. The van der Waals surface area contributed by atoms with E-state index >= 15 is 0 Å². The number of ether oxygens (including phenoxy) is 9. The molecule has 0 aromatic heterocycles. The number of amides is 10. The normalized spacial score (nSPS) is 21.3. The molecule has 13 fully saturated rings. The summed E-state index contributed by atoms with van der Waals surface area (Å²) < 4.78 is 49.9. The quantitative estimate of drug-likeness (QED) is 0.0198. The largest absolute Gasteiger partial charge is 0.445 e. The van der Waals surface area contributed by atoms with Crippen molar-refractivity contribution < 1.29 is 100 Å². The van der Waals surface area contributed by atoms with Crippen LogP contribution in [-0.4, -0.2) is 321 Å². The second-order valence-corrected chi connectivity index (χ2v) is 37.9. The molecule has 0 aliphatic carbocycles. The van der Waals surface area contributed by atoms with Crippen molar-refractivity contribution in [1.29, 1.82) is 5.41 Å². The number of hydrogen-bond acceptors (Lipinski definition) is 24. The molecule has 10 amide bonds. The Balaban J connectivity index is 0.000000138. The average Bonchev–Trinajstić information content (AvgIpc) is 1.74. The summed E-state index contributed by atoms with van der Waals surface area (Å²) in [6.07, 6.45) is 10.7. The molecule has 13 aliphatic rings. The van der Waals surface area contributed by atoms with Crippen LogP contribution in [-0.2, 0) is 86.4 Å². The van der Waals surface area contributed by atoms with Gasteiger partial charge < -0.3 is 115 Å². The zero-order chi connectivity index (χ0) is 99.3. The zero-order valence-corrected chi connectivity index (χ0v) is 79.9. The highest BCUT2D eigenvalue weighted by Gasteiger charge is 2.49. The number of morpholine rings is 4. The van der Waals surface area contributed by atoms with Crippen molar-refractivity contribution in [3.05, 3.63) is 226 Å². The molecule has 0 saturated carbocycles. The minimum atomic E-state index is -0.823. The number of Topliss-reactive ketones (excluding diaryl/α,β-unsaturated/α-hetero) is 1. The standard InChI is InChI=1S/C18H20N2O3.C17H22N4O3.C16H17N3O3.C16H20N2O4.C14H20N2O3.C14H17NO3.C8H14N2O2/c1-13-11-18(23-12-16(13)21)7-9-20(10-8-18)17(22)14-3-5-15(19-2)6-4-14;1-20-11-17(24-10-14(20)22)6-8-21(9-7-17)16(23)13-4-2-12(3-5-13)15(18)19;1-17-13-4-2-12(3-5-13)15(21)19-8-6-16(7-9-19)11-18-14(20)10-22-16;19-14-11-22-16(12-17-14)6-8-18(9-7-16)15(20)21-10-13-4-2-1-3-5-13;15-11-14(18)6-8-16(9-7-14)13(17)19-10-12-4-2-1-3-5-12;16-13(17-10-12-4-2-1-3-5-12)15-8-6-14(7-9-15)11-18-14;11-7-5-12-8(6-10-7)1-3-9-4-2-8/h3-6,13H,7-12H2,1H3;2-5H,6-11H2,1H3,(H3,18,19);2-5H,6-11H2,(H,18,20);1-5H,6-12H2,(H,17,19);1-5,18H,6-11,15H2;1-5H,6-11H2;9H,1-6H2,(H,10,11). The lowest BCUT2D eigenvalue weighted by Crippen LogP contribution is -2.58. The molecule has 19 rings (SSSR count). The Kier molecular flexibility index (Phi) is 36.5. The van der Waals surface area contributed by atoms with Crippen LogP contribution in [0.1, 0.15) is 157 Å². The van der Waals surface area contributed by atoms with Crippen molar-refractivity contribution in [1.82, 2.24) is 55.6 Å². The summed E-state index contributed by atoms with van der Waals surface area (Å²) in [5.41, 5.74) is 15.4. The Morgan fingerprint density at radius 3 is 1.04 bits per heavy atom. The number of benzene rings is 6. The number of rotatable bonds is 11. The van der Waals surface area contributed by atoms with Crippen LogP contribution in [0.15, 0.2) is 164 Å². The third kappa shape index (κ3) is 29.4. The maximum absolute atomic E-state index is 12.6. The summed E-state index contributed by atoms with van der Waals surface area (Å²) in [4.78, 5) is 149. The van der Waals surface area contributed by atoms with Crippen molar-refractivity contribution in [2.75, 3.05) is 171 Å². The summed E-state index contributed by atoms with van der Waals surface area (Å²) in [6, 6.07) is 49.2. The van der Waals surface area contributed by atoms with Gasteiger partial charge in [-0.2, -0.15) is 0 Å². The number of ketones is 1. The number of epoxide rings is 1. The summed E-state index contributed by atoms with van der Waals surface area (Å²) >= 11 is 0. The topological polar surface area (TPSA) is 450 Å². The van der Waals surface area contributed by atoms with Crippen LogP contribution < -0.4 is 32.7 Å². The summed E-state index contributed by atoms with van der Waals surface area (Å²) in [6.45, 7) is 30.3. The van der Waals surface area contributed by atoms with Gasteiger partial charge in [0.1, 0.15) is 58.7 Å². The fraction of sp³-hybridized carbons (Fsp3) is 0.515.